The van der Waals surface area contributed by atoms with Crippen molar-refractivity contribution in [3.8, 4) is 22.9 Å². The van der Waals surface area contributed by atoms with Gasteiger partial charge in [-0.05, 0) is 63.1 Å². The zero-order valence-corrected chi connectivity index (χ0v) is 24.3. The first-order valence-electron chi connectivity index (χ1n) is 14.0. The molecule has 1 fully saturated rings. The molecule has 6 rings (SSSR count). The molecule has 9 heteroatoms. The van der Waals surface area contributed by atoms with Crippen LogP contribution in [0.15, 0.2) is 54.9 Å². The summed E-state index contributed by atoms with van der Waals surface area (Å²) in [6.07, 6.45) is 1.77. The molecule has 41 heavy (non-hydrogen) atoms. The highest BCUT2D eigenvalue weighted by atomic mass is 16.5. The van der Waals surface area contributed by atoms with Gasteiger partial charge in [0.05, 0.1) is 36.1 Å². The summed E-state index contributed by atoms with van der Waals surface area (Å²) < 4.78 is 11.7. The van der Waals surface area contributed by atoms with Crippen molar-refractivity contribution in [2.45, 2.75) is 51.7 Å². The molecule has 4 heterocycles. The summed E-state index contributed by atoms with van der Waals surface area (Å²) in [6.45, 7) is 8.54. The maximum atomic E-state index is 13.1. The first kappa shape index (κ1) is 26.8. The highest BCUT2D eigenvalue weighted by Gasteiger charge is 2.42. The van der Waals surface area contributed by atoms with Gasteiger partial charge in [-0.1, -0.05) is 24.3 Å². The number of nitrogens with zero attached hydrogens (tertiary/aromatic N) is 4. The van der Waals surface area contributed by atoms with Gasteiger partial charge in [-0.2, -0.15) is 0 Å². The van der Waals surface area contributed by atoms with Gasteiger partial charge in [0.2, 0.25) is 17.7 Å². The van der Waals surface area contributed by atoms with E-state index in [2.05, 4.69) is 16.9 Å². The number of carbonyl (C=O) groups is 2. The second kappa shape index (κ2) is 9.90. The Bertz CT molecular complexity index is 1640. The molecule has 2 amide bonds. The first-order chi connectivity index (χ1) is 19.6. The zero-order valence-electron chi connectivity index (χ0n) is 24.3. The minimum Gasteiger partial charge on any atom is -0.497 e. The van der Waals surface area contributed by atoms with E-state index in [1.54, 1.807) is 18.3 Å². The number of methoxy groups -OCH3 is 1. The molecule has 2 aromatic heterocycles. The normalized spacial score (nSPS) is 19.5. The highest BCUT2D eigenvalue weighted by molar-refractivity contribution is 6.07. The number of nitrogens with one attached hydrogen (secondary N) is 1. The molecule has 0 radical (unpaired) electrons. The summed E-state index contributed by atoms with van der Waals surface area (Å²) in [5, 5.41) is 0. The van der Waals surface area contributed by atoms with Crippen LogP contribution in [-0.2, 0) is 15.0 Å². The third-order valence-corrected chi connectivity index (χ3v) is 8.76. The molecule has 2 aromatic carbocycles. The smallest absolute Gasteiger partial charge is 0.243 e. The molecule has 1 N–H and O–H groups in total. The molecular formula is C32H35N5O4. The standard InChI is InChI=1S/C32H35N5O4/c1-18(20-7-10-23(40-6)11-8-20)37-16-22(14-28(37)38)19(2)41-30-29-26(33-17-34-29)15-25(35-30)21-9-12-24-27(13-21)36(5)31(39)32(24,3)4/h7-13,15,17-19,22H,14,16H2,1-6H3,(H,33,34). The number of H-pyrrole nitrogens is 1. The number of likely N-dealkylation sites (N-methyl/N-ethyl adjacent to an activating group) is 1. The second-order valence-electron chi connectivity index (χ2n) is 11.6. The van der Waals surface area contributed by atoms with Crippen molar-refractivity contribution in [1.82, 2.24) is 19.9 Å². The Morgan fingerprint density at radius 3 is 2.56 bits per heavy atom. The highest BCUT2D eigenvalue weighted by Crippen LogP contribution is 2.43. The van der Waals surface area contributed by atoms with Crippen LogP contribution in [0.4, 0.5) is 5.69 Å². The van der Waals surface area contributed by atoms with Crippen LogP contribution in [-0.4, -0.2) is 58.5 Å². The number of carbonyl (C=O) groups excluding carboxylic acids is 2. The van der Waals surface area contributed by atoms with Crippen LogP contribution in [0.5, 0.6) is 11.6 Å². The largest absolute Gasteiger partial charge is 0.497 e. The number of aromatic amines is 1. The molecule has 9 nitrogen and oxygen atoms in total. The number of fused-ring (bicyclic) bond motifs is 2. The van der Waals surface area contributed by atoms with E-state index in [1.807, 2.05) is 81.2 Å². The average molecular weight is 554 g/mol. The Kier molecular flexibility index (Phi) is 6.47. The molecule has 3 atom stereocenters. The molecule has 2 aliphatic rings. The number of benzene rings is 2. The lowest BCUT2D eigenvalue weighted by molar-refractivity contribution is -0.129. The Balaban J connectivity index is 1.24. The number of anilines is 1. The number of likely N-dealkylation sites (tertiary alicyclic amines) is 1. The zero-order chi connectivity index (χ0) is 29.1. The van der Waals surface area contributed by atoms with Crippen molar-refractivity contribution in [3.05, 3.63) is 66.0 Å². The van der Waals surface area contributed by atoms with Crippen molar-refractivity contribution in [2.24, 2.45) is 5.92 Å². The van der Waals surface area contributed by atoms with Crippen molar-refractivity contribution in [3.63, 3.8) is 0 Å². The number of amides is 2. The summed E-state index contributed by atoms with van der Waals surface area (Å²) >= 11 is 0. The lowest BCUT2D eigenvalue weighted by atomic mass is 9.85. The lowest BCUT2D eigenvalue weighted by Crippen LogP contribution is -2.33. The van der Waals surface area contributed by atoms with E-state index in [9.17, 15) is 9.59 Å². The molecule has 2 aliphatic heterocycles. The predicted molar refractivity (Wildman–Crippen MR) is 157 cm³/mol. The van der Waals surface area contributed by atoms with E-state index in [4.69, 9.17) is 14.5 Å². The van der Waals surface area contributed by atoms with Crippen LogP contribution < -0.4 is 14.4 Å². The third-order valence-electron chi connectivity index (χ3n) is 8.76. The second-order valence-corrected chi connectivity index (χ2v) is 11.6. The van der Waals surface area contributed by atoms with E-state index < -0.39 is 5.41 Å². The third kappa shape index (κ3) is 4.49. The molecule has 3 unspecified atom stereocenters. The maximum Gasteiger partial charge on any atom is 0.243 e. The fourth-order valence-corrected chi connectivity index (χ4v) is 6.07. The summed E-state index contributed by atoms with van der Waals surface area (Å²) in [5.74, 6) is 1.40. The van der Waals surface area contributed by atoms with Crippen molar-refractivity contribution in [1.29, 1.82) is 0 Å². The predicted octanol–water partition coefficient (Wildman–Crippen LogP) is 5.26. The van der Waals surface area contributed by atoms with Crippen LogP contribution >= 0.6 is 0 Å². The Morgan fingerprint density at radius 2 is 1.83 bits per heavy atom. The number of ether oxygens (including phenoxy) is 2. The molecule has 0 spiro atoms. The van der Waals surface area contributed by atoms with Gasteiger partial charge < -0.3 is 24.3 Å². The molecule has 4 aromatic rings. The molecule has 212 valence electrons. The number of imidazole rings is 1. The van der Waals surface area contributed by atoms with E-state index in [0.29, 0.717) is 24.4 Å². The number of rotatable bonds is 7. The number of pyridine rings is 1. The molecular weight excluding hydrogens is 518 g/mol. The van der Waals surface area contributed by atoms with Crippen LogP contribution in [0, 0.1) is 5.92 Å². The van der Waals surface area contributed by atoms with E-state index >= 15 is 0 Å². The van der Waals surface area contributed by atoms with Gasteiger partial charge in [0.1, 0.15) is 11.9 Å². The minimum absolute atomic E-state index is 0.00420. The minimum atomic E-state index is -0.565. The van der Waals surface area contributed by atoms with Crippen molar-refractivity contribution < 1.29 is 19.1 Å². The summed E-state index contributed by atoms with van der Waals surface area (Å²) in [4.78, 5) is 42.0. The summed E-state index contributed by atoms with van der Waals surface area (Å²) in [6, 6.07) is 15.7. The fraction of sp³-hybridized carbons (Fsp3) is 0.375. The SMILES string of the molecule is COc1ccc(C(C)N2CC(C(C)Oc3nc(-c4ccc5c(c4)N(C)C(=O)C5(C)C)cc4[nH]cnc34)CC2=O)cc1. The monoisotopic (exact) mass is 553 g/mol. The van der Waals surface area contributed by atoms with E-state index in [1.165, 1.54) is 0 Å². The topological polar surface area (TPSA) is 101 Å². The van der Waals surface area contributed by atoms with Crippen molar-refractivity contribution in [2.75, 3.05) is 25.6 Å². The Morgan fingerprint density at radius 1 is 1.07 bits per heavy atom. The molecule has 1 saturated heterocycles. The van der Waals surface area contributed by atoms with Gasteiger partial charge in [-0.25, -0.2) is 9.97 Å². The van der Waals surface area contributed by atoms with E-state index in [-0.39, 0.29) is 29.9 Å². The van der Waals surface area contributed by atoms with Crippen LogP contribution in [0.1, 0.15) is 51.3 Å². The quantitative estimate of drug-likeness (QED) is 0.335. The van der Waals surface area contributed by atoms with E-state index in [0.717, 1.165) is 39.3 Å². The summed E-state index contributed by atoms with van der Waals surface area (Å²) in [5.41, 5.74) is 5.43. The van der Waals surface area contributed by atoms with Crippen molar-refractivity contribution >= 4 is 28.5 Å². The van der Waals surface area contributed by atoms with Gasteiger partial charge in [0.15, 0.2) is 5.52 Å². The van der Waals surface area contributed by atoms with Gasteiger partial charge in [0, 0.05) is 37.2 Å². The molecule has 0 aliphatic carbocycles. The fourth-order valence-electron chi connectivity index (χ4n) is 6.07. The Labute approximate surface area is 239 Å². The van der Waals surface area contributed by atoms with Gasteiger partial charge in [-0.3, -0.25) is 9.59 Å². The Hall–Kier alpha value is -4.40. The van der Waals surface area contributed by atoms with Gasteiger partial charge >= 0.3 is 0 Å². The lowest BCUT2D eigenvalue weighted by Gasteiger charge is -2.26. The van der Waals surface area contributed by atoms with Gasteiger partial charge in [-0.15, -0.1) is 0 Å². The molecule has 0 saturated carbocycles. The average Bonchev–Trinajstić information content (AvgIpc) is 3.66. The number of aromatic nitrogens is 3. The maximum absolute atomic E-state index is 13.1. The van der Waals surface area contributed by atoms with Crippen LogP contribution in [0.2, 0.25) is 0 Å². The number of hydrogen-bond donors (Lipinski definition) is 1. The van der Waals surface area contributed by atoms with Gasteiger partial charge in [0.25, 0.3) is 0 Å². The van der Waals surface area contributed by atoms with Crippen LogP contribution in [0.3, 0.4) is 0 Å². The van der Waals surface area contributed by atoms with Crippen LogP contribution in [0.25, 0.3) is 22.3 Å². The molecule has 0 bridgehead atoms. The first-order valence-corrected chi connectivity index (χ1v) is 14.0. The number of hydrogen-bond acceptors (Lipinski definition) is 6. The summed E-state index contributed by atoms with van der Waals surface area (Å²) in [7, 11) is 3.45.